The Morgan fingerprint density at radius 3 is 2.27 bits per heavy atom. The Labute approximate surface area is 152 Å². The quantitative estimate of drug-likeness (QED) is 0.499. The van der Waals surface area contributed by atoms with Gasteiger partial charge in [-0.2, -0.15) is 0 Å². The van der Waals surface area contributed by atoms with Crippen molar-refractivity contribution in [2.45, 2.75) is 25.9 Å². The van der Waals surface area contributed by atoms with Crippen molar-refractivity contribution in [2.75, 3.05) is 0 Å². The third kappa shape index (κ3) is 4.25. The maximum absolute atomic E-state index is 12.5. The molecule has 2 aromatic heterocycles. The first-order valence-electron chi connectivity index (χ1n) is 8.30. The topological polar surface area (TPSA) is 61.3 Å². The first kappa shape index (κ1) is 17.6. The number of hydrogen-bond donors (Lipinski definition) is 0. The summed E-state index contributed by atoms with van der Waals surface area (Å²) in [4.78, 5) is 20.6. The Morgan fingerprint density at radius 2 is 1.62 bits per heavy atom. The Bertz CT molecular complexity index is 847. The first-order valence-corrected chi connectivity index (χ1v) is 8.30. The fourth-order valence-corrected chi connectivity index (χ4v) is 2.33. The van der Waals surface area contributed by atoms with E-state index < -0.39 is 5.41 Å². The van der Waals surface area contributed by atoms with Gasteiger partial charge in [-0.3, -0.25) is 14.8 Å². The lowest BCUT2D eigenvalue weighted by molar-refractivity contribution is -0.139. The molecule has 26 heavy (non-hydrogen) atoms. The monoisotopic (exact) mass is 348 g/mol. The van der Waals surface area contributed by atoms with Crippen LogP contribution in [0.2, 0.25) is 0 Å². The molecule has 5 nitrogen and oxygen atoms in total. The van der Waals surface area contributed by atoms with Crippen LogP contribution in [0.1, 0.15) is 25.0 Å². The van der Waals surface area contributed by atoms with Crippen LogP contribution in [0.3, 0.4) is 0 Å². The standard InChI is InChI=1S/C21H20N2O3/c1-21(2,17-4-3-11-23-14-17)20(24)26-19-7-5-18(6-8-19)25-15-16-9-12-22-13-10-16/h3-14H,15H2,1-2H3. The van der Waals surface area contributed by atoms with E-state index in [-0.39, 0.29) is 5.97 Å². The Balaban J connectivity index is 1.61. The zero-order valence-electron chi connectivity index (χ0n) is 14.8. The first-order chi connectivity index (χ1) is 12.6. The number of carbonyl (C=O) groups excluding carboxylic acids is 1. The van der Waals surface area contributed by atoms with Gasteiger partial charge >= 0.3 is 5.97 Å². The highest BCUT2D eigenvalue weighted by molar-refractivity contribution is 5.84. The molecule has 132 valence electrons. The molecule has 0 fully saturated rings. The number of rotatable bonds is 6. The molecule has 0 unspecified atom stereocenters. The molecule has 0 aliphatic carbocycles. The van der Waals surface area contributed by atoms with Crippen LogP contribution in [-0.4, -0.2) is 15.9 Å². The maximum Gasteiger partial charge on any atom is 0.321 e. The van der Waals surface area contributed by atoms with Gasteiger partial charge in [0.25, 0.3) is 0 Å². The highest BCUT2D eigenvalue weighted by atomic mass is 16.5. The molecule has 0 aliphatic heterocycles. The molecule has 0 saturated heterocycles. The Morgan fingerprint density at radius 1 is 0.923 bits per heavy atom. The van der Waals surface area contributed by atoms with Gasteiger partial charge in [0.2, 0.25) is 0 Å². The fraction of sp³-hybridized carbons (Fsp3) is 0.190. The molecule has 3 rings (SSSR count). The van der Waals surface area contributed by atoms with E-state index >= 15 is 0 Å². The summed E-state index contributed by atoms with van der Waals surface area (Å²) in [5.74, 6) is 0.840. The molecular weight excluding hydrogens is 328 g/mol. The lowest BCUT2D eigenvalue weighted by Gasteiger charge is -2.22. The van der Waals surface area contributed by atoms with E-state index in [2.05, 4.69) is 9.97 Å². The van der Waals surface area contributed by atoms with Crippen molar-refractivity contribution in [3.8, 4) is 11.5 Å². The van der Waals surface area contributed by atoms with E-state index in [0.29, 0.717) is 18.1 Å². The molecule has 0 bridgehead atoms. The summed E-state index contributed by atoms with van der Waals surface area (Å²) in [5.41, 5.74) is 1.06. The third-order valence-electron chi connectivity index (χ3n) is 4.08. The molecule has 3 aromatic rings. The van der Waals surface area contributed by atoms with Gasteiger partial charge in [0.15, 0.2) is 0 Å². The van der Waals surface area contributed by atoms with E-state index in [4.69, 9.17) is 9.47 Å². The predicted octanol–water partition coefficient (Wildman–Crippen LogP) is 3.94. The minimum Gasteiger partial charge on any atom is -0.489 e. The number of pyridine rings is 2. The van der Waals surface area contributed by atoms with Crippen molar-refractivity contribution in [1.29, 1.82) is 0 Å². The van der Waals surface area contributed by atoms with Crippen LogP contribution in [0.5, 0.6) is 11.5 Å². The lowest BCUT2D eigenvalue weighted by atomic mass is 9.86. The van der Waals surface area contributed by atoms with Crippen LogP contribution < -0.4 is 9.47 Å². The molecule has 2 heterocycles. The minimum atomic E-state index is -0.787. The van der Waals surface area contributed by atoms with Crippen LogP contribution in [0.4, 0.5) is 0 Å². The fourth-order valence-electron chi connectivity index (χ4n) is 2.33. The van der Waals surface area contributed by atoms with Gasteiger partial charge < -0.3 is 9.47 Å². The molecule has 0 N–H and O–H groups in total. The summed E-state index contributed by atoms with van der Waals surface area (Å²) in [6.45, 7) is 4.09. The van der Waals surface area contributed by atoms with Crippen LogP contribution in [0.15, 0.2) is 73.3 Å². The number of hydrogen-bond acceptors (Lipinski definition) is 5. The summed E-state index contributed by atoms with van der Waals surface area (Å²) in [5, 5.41) is 0. The number of benzene rings is 1. The largest absolute Gasteiger partial charge is 0.489 e. The van der Waals surface area contributed by atoms with E-state index in [1.54, 1.807) is 55.1 Å². The van der Waals surface area contributed by atoms with Crippen LogP contribution in [0.25, 0.3) is 0 Å². The smallest absolute Gasteiger partial charge is 0.321 e. The second-order valence-corrected chi connectivity index (χ2v) is 6.37. The highest BCUT2D eigenvalue weighted by Crippen LogP contribution is 2.26. The van der Waals surface area contributed by atoms with Crippen molar-refractivity contribution in [1.82, 2.24) is 9.97 Å². The third-order valence-corrected chi connectivity index (χ3v) is 4.08. The Kier molecular flexibility index (Phi) is 5.27. The van der Waals surface area contributed by atoms with Gasteiger partial charge in [-0.05, 0) is 67.4 Å². The average molecular weight is 348 g/mol. The molecule has 0 amide bonds. The average Bonchev–Trinajstić information content (AvgIpc) is 2.69. The van der Waals surface area contributed by atoms with Gasteiger partial charge in [-0.25, -0.2) is 0 Å². The van der Waals surface area contributed by atoms with E-state index in [0.717, 1.165) is 11.1 Å². The Hall–Kier alpha value is -3.21. The summed E-state index contributed by atoms with van der Waals surface area (Å²) in [7, 11) is 0. The molecule has 1 aromatic carbocycles. The van der Waals surface area contributed by atoms with Crippen LogP contribution >= 0.6 is 0 Å². The van der Waals surface area contributed by atoms with Gasteiger partial charge in [0, 0.05) is 24.8 Å². The van der Waals surface area contributed by atoms with E-state index in [9.17, 15) is 4.79 Å². The number of aromatic nitrogens is 2. The van der Waals surface area contributed by atoms with Gasteiger partial charge in [-0.15, -0.1) is 0 Å². The van der Waals surface area contributed by atoms with Crippen molar-refractivity contribution in [3.63, 3.8) is 0 Å². The summed E-state index contributed by atoms with van der Waals surface area (Å²) in [6.07, 6.45) is 6.81. The highest BCUT2D eigenvalue weighted by Gasteiger charge is 2.32. The van der Waals surface area contributed by atoms with Crippen molar-refractivity contribution in [3.05, 3.63) is 84.4 Å². The van der Waals surface area contributed by atoms with Crippen LogP contribution in [0, 0.1) is 0 Å². The zero-order chi connectivity index (χ0) is 18.4. The predicted molar refractivity (Wildman–Crippen MR) is 97.9 cm³/mol. The number of carbonyl (C=O) groups is 1. The molecule has 0 saturated carbocycles. The molecule has 5 heteroatoms. The summed E-state index contributed by atoms with van der Waals surface area (Å²) < 4.78 is 11.2. The molecular formula is C21H20N2O3. The lowest BCUT2D eigenvalue weighted by Crippen LogP contribution is -2.33. The van der Waals surface area contributed by atoms with Gasteiger partial charge in [-0.1, -0.05) is 6.07 Å². The molecule has 0 spiro atoms. The second kappa shape index (κ2) is 7.78. The zero-order valence-corrected chi connectivity index (χ0v) is 14.8. The molecule has 0 atom stereocenters. The van der Waals surface area contributed by atoms with E-state index in [1.807, 2.05) is 32.0 Å². The van der Waals surface area contributed by atoms with E-state index in [1.165, 1.54) is 0 Å². The molecule has 0 radical (unpaired) electrons. The number of ether oxygens (including phenoxy) is 2. The number of nitrogens with zero attached hydrogens (tertiary/aromatic N) is 2. The molecule has 0 aliphatic rings. The van der Waals surface area contributed by atoms with Gasteiger partial charge in [0.05, 0.1) is 5.41 Å². The van der Waals surface area contributed by atoms with Crippen molar-refractivity contribution < 1.29 is 14.3 Å². The van der Waals surface area contributed by atoms with Crippen molar-refractivity contribution >= 4 is 5.97 Å². The minimum absolute atomic E-state index is 0.337. The number of esters is 1. The summed E-state index contributed by atoms with van der Waals surface area (Å²) in [6, 6.07) is 14.5. The normalized spacial score (nSPS) is 11.0. The maximum atomic E-state index is 12.5. The van der Waals surface area contributed by atoms with Crippen molar-refractivity contribution in [2.24, 2.45) is 0 Å². The second-order valence-electron chi connectivity index (χ2n) is 6.37. The van der Waals surface area contributed by atoms with Gasteiger partial charge in [0.1, 0.15) is 18.1 Å². The van der Waals surface area contributed by atoms with Crippen LogP contribution in [-0.2, 0) is 16.8 Å². The summed E-state index contributed by atoms with van der Waals surface area (Å²) >= 11 is 0. The SMILES string of the molecule is CC(C)(C(=O)Oc1ccc(OCc2ccncc2)cc1)c1cccnc1.